The SMILES string of the molecule is COc1cc(OC)c(OC)cc1CNC(=O)CNS(=O)(=O)C=Cc1ccc(C)cc1. The molecular formula is C21H26N2O6S. The van der Waals surface area contributed by atoms with Gasteiger partial charge in [-0.1, -0.05) is 29.8 Å². The van der Waals surface area contributed by atoms with Gasteiger partial charge >= 0.3 is 0 Å². The topological polar surface area (TPSA) is 103 Å². The predicted octanol–water partition coefficient (Wildman–Crippen LogP) is 2.23. The summed E-state index contributed by atoms with van der Waals surface area (Å²) >= 11 is 0. The van der Waals surface area contributed by atoms with Crippen LogP contribution >= 0.6 is 0 Å². The minimum atomic E-state index is -3.75. The van der Waals surface area contributed by atoms with Crippen molar-refractivity contribution < 1.29 is 27.4 Å². The second-order valence-electron chi connectivity index (χ2n) is 6.38. The Morgan fingerprint density at radius 3 is 2.17 bits per heavy atom. The molecule has 0 bridgehead atoms. The Kier molecular flexibility index (Phi) is 8.25. The highest BCUT2D eigenvalue weighted by Gasteiger charge is 2.14. The van der Waals surface area contributed by atoms with E-state index in [0.717, 1.165) is 16.5 Å². The summed E-state index contributed by atoms with van der Waals surface area (Å²) in [7, 11) is 0.766. The molecule has 2 N–H and O–H groups in total. The zero-order valence-electron chi connectivity index (χ0n) is 17.4. The number of carbonyl (C=O) groups is 1. The molecule has 9 heteroatoms. The number of benzene rings is 2. The van der Waals surface area contributed by atoms with Crippen molar-refractivity contribution in [2.45, 2.75) is 13.5 Å². The van der Waals surface area contributed by atoms with Gasteiger partial charge in [-0.25, -0.2) is 13.1 Å². The van der Waals surface area contributed by atoms with Crippen molar-refractivity contribution in [3.63, 3.8) is 0 Å². The monoisotopic (exact) mass is 434 g/mol. The molecule has 0 radical (unpaired) electrons. The molecule has 0 aliphatic carbocycles. The van der Waals surface area contributed by atoms with E-state index in [9.17, 15) is 13.2 Å². The van der Waals surface area contributed by atoms with Gasteiger partial charge in [-0.15, -0.1) is 0 Å². The van der Waals surface area contributed by atoms with Crippen LogP contribution in [0.1, 0.15) is 16.7 Å². The summed E-state index contributed by atoms with van der Waals surface area (Å²) in [6.07, 6.45) is 1.47. The fourth-order valence-electron chi connectivity index (χ4n) is 2.55. The fraction of sp³-hybridized carbons (Fsp3) is 0.286. The highest BCUT2D eigenvalue weighted by Crippen LogP contribution is 2.34. The minimum absolute atomic E-state index is 0.128. The molecule has 0 spiro atoms. The summed E-state index contributed by atoms with van der Waals surface area (Å²) in [4.78, 5) is 12.1. The van der Waals surface area contributed by atoms with Crippen LogP contribution in [0.15, 0.2) is 41.8 Å². The summed E-state index contributed by atoms with van der Waals surface area (Å²) in [5, 5.41) is 3.68. The van der Waals surface area contributed by atoms with Gasteiger partial charge in [0.05, 0.1) is 27.9 Å². The summed E-state index contributed by atoms with van der Waals surface area (Å²) < 4.78 is 42.2. The van der Waals surface area contributed by atoms with E-state index in [1.807, 2.05) is 31.2 Å². The second kappa shape index (κ2) is 10.7. The van der Waals surface area contributed by atoms with E-state index in [1.54, 1.807) is 12.1 Å². The number of amides is 1. The molecule has 0 aliphatic rings. The number of hydrogen-bond donors (Lipinski definition) is 2. The normalized spacial score (nSPS) is 11.3. The Balaban J connectivity index is 1.93. The number of nitrogens with one attached hydrogen (secondary N) is 2. The van der Waals surface area contributed by atoms with Crippen LogP contribution in [-0.2, 0) is 21.4 Å². The lowest BCUT2D eigenvalue weighted by Gasteiger charge is -2.14. The van der Waals surface area contributed by atoms with E-state index in [2.05, 4.69) is 10.0 Å². The van der Waals surface area contributed by atoms with Gasteiger partial charge in [0.25, 0.3) is 0 Å². The smallest absolute Gasteiger partial charge is 0.235 e. The van der Waals surface area contributed by atoms with Crippen LogP contribution < -0.4 is 24.2 Å². The Labute approximate surface area is 176 Å². The number of sulfonamides is 1. The first-order valence-electron chi connectivity index (χ1n) is 9.08. The van der Waals surface area contributed by atoms with Crippen molar-refractivity contribution in [1.82, 2.24) is 10.0 Å². The third-order valence-electron chi connectivity index (χ3n) is 4.21. The van der Waals surface area contributed by atoms with Crippen molar-refractivity contribution in [2.24, 2.45) is 0 Å². The zero-order valence-corrected chi connectivity index (χ0v) is 18.2. The van der Waals surface area contributed by atoms with Crippen LogP contribution in [-0.4, -0.2) is 42.2 Å². The Morgan fingerprint density at radius 1 is 0.967 bits per heavy atom. The first-order valence-corrected chi connectivity index (χ1v) is 10.6. The minimum Gasteiger partial charge on any atom is -0.496 e. The largest absolute Gasteiger partial charge is 0.496 e. The van der Waals surface area contributed by atoms with Crippen LogP contribution in [0.5, 0.6) is 17.2 Å². The molecule has 0 aliphatic heterocycles. The van der Waals surface area contributed by atoms with Gasteiger partial charge < -0.3 is 19.5 Å². The lowest BCUT2D eigenvalue weighted by atomic mass is 10.1. The third-order valence-corrected chi connectivity index (χ3v) is 5.25. The van der Waals surface area contributed by atoms with Crippen molar-refractivity contribution in [3.8, 4) is 17.2 Å². The summed E-state index contributed by atoms with van der Waals surface area (Å²) in [6.45, 7) is 1.68. The molecule has 2 aromatic carbocycles. The number of rotatable bonds is 10. The van der Waals surface area contributed by atoms with E-state index in [0.29, 0.717) is 22.8 Å². The van der Waals surface area contributed by atoms with Gasteiger partial charge in [0.1, 0.15) is 5.75 Å². The molecule has 162 valence electrons. The zero-order chi connectivity index (χ0) is 22.1. The number of ether oxygens (including phenoxy) is 3. The number of methoxy groups -OCH3 is 3. The maximum Gasteiger partial charge on any atom is 0.235 e. The quantitative estimate of drug-likeness (QED) is 0.594. The van der Waals surface area contributed by atoms with Gasteiger partial charge in [0, 0.05) is 23.6 Å². The summed E-state index contributed by atoms with van der Waals surface area (Å²) in [5.41, 5.74) is 2.48. The molecule has 2 aromatic rings. The third kappa shape index (κ3) is 6.78. The molecule has 0 saturated carbocycles. The number of hydrogen-bond acceptors (Lipinski definition) is 6. The number of aryl methyl sites for hydroxylation is 1. The molecule has 8 nitrogen and oxygen atoms in total. The average Bonchev–Trinajstić information content (AvgIpc) is 2.75. The van der Waals surface area contributed by atoms with Crippen LogP contribution in [0, 0.1) is 6.92 Å². The maximum atomic E-state index is 12.1. The summed E-state index contributed by atoms with van der Waals surface area (Å²) in [6, 6.07) is 10.7. The van der Waals surface area contributed by atoms with E-state index >= 15 is 0 Å². The molecular weight excluding hydrogens is 408 g/mol. The van der Waals surface area contributed by atoms with Crippen LogP contribution in [0.25, 0.3) is 6.08 Å². The van der Waals surface area contributed by atoms with Crippen LogP contribution in [0.2, 0.25) is 0 Å². The van der Waals surface area contributed by atoms with Crippen LogP contribution in [0.3, 0.4) is 0 Å². The van der Waals surface area contributed by atoms with Gasteiger partial charge in [-0.3, -0.25) is 4.79 Å². The molecule has 30 heavy (non-hydrogen) atoms. The van der Waals surface area contributed by atoms with Crippen molar-refractivity contribution in [2.75, 3.05) is 27.9 Å². The van der Waals surface area contributed by atoms with Gasteiger partial charge in [-0.05, 0) is 24.6 Å². The molecule has 0 unspecified atom stereocenters. The van der Waals surface area contributed by atoms with Crippen molar-refractivity contribution in [1.29, 1.82) is 0 Å². The highest BCUT2D eigenvalue weighted by molar-refractivity contribution is 7.92. The van der Waals surface area contributed by atoms with E-state index in [-0.39, 0.29) is 6.54 Å². The predicted molar refractivity (Wildman–Crippen MR) is 115 cm³/mol. The Bertz CT molecular complexity index is 1000. The van der Waals surface area contributed by atoms with Gasteiger partial charge in [0.15, 0.2) is 11.5 Å². The Morgan fingerprint density at radius 2 is 1.57 bits per heavy atom. The lowest BCUT2D eigenvalue weighted by molar-refractivity contribution is -0.120. The first kappa shape index (κ1) is 23.2. The fourth-order valence-corrected chi connectivity index (χ4v) is 3.31. The second-order valence-corrected chi connectivity index (χ2v) is 8.03. The van der Waals surface area contributed by atoms with E-state index in [1.165, 1.54) is 27.4 Å². The van der Waals surface area contributed by atoms with Crippen molar-refractivity contribution >= 4 is 22.0 Å². The van der Waals surface area contributed by atoms with E-state index < -0.39 is 22.5 Å². The first-order chi connectivity index (χ1) is 14.3. The average molecular weight is 435 g/mol. The molecule has 0 saturated heterocycles. The molecule has 0 aromatic heterocycles. The molecule has 0 atom stereocenters. The molecule has 1 amide bonds. The summed E-state index contributed by atoms with van der Waals surface area (Å²) in [5.74, 6) is 1.01. The molecule has 0 fully saturated rings. The standard InChI is InChI=1S/C21H26N2O6S/c1-15-5-7-16(8-6-15)9-10-30(25,26)23-14-21(24)22-13-17-11-19(28-3)20(29-4)12-18(17)27-2/h5-12,23H,13-14H2,1-4H3,(H,22,24). The lowest BCUT2D eigenvalue weighted by Crippen LogP contribution is -2.35. The van der Waals surface area contributed by atoms with Gasteiger partial charge in [-0.2, -0.15) is 0 Å². The molecule has 2 rings (SSSR count). The maximum absolute atomic E-state index is 12.1. The van der Waals surface area contributed by atoms with Crippen LogP contribution in [0.4, 0.5) is 0 Å². The van der Waals surface area contributed by atoms with Gasteiger partial charge in [0.2, 0.25) is 15.9 Å². The van der Waals surface area contributed by atoms with Crippen molar-refractivity contribution in [3.05, 3.63) is 58.5 Å². The molecule has 0 heterocycles. The Hall–Kier alpha value is -3.04. The van der Waals surface area contributed by atoms with E-state index in [4.69, 9.17) is 14.2 Å². The highest BCUT2D eigenvalue weighted by atomic mass is 32.2. The number of carbonyl (C=O) groups excluding carboxylic acids is 1.